The van der Waals surface area contributed by atoms with E-state index in [1.807, 2.05) is 17.5 Å². The van der Waals surface area contributed by atoms with E-state index in [9.17, 15) is 9.59 Å². The van der Waals surface area contributed by atoms with E-state index >= 15 is 0 Å². The number of nitrogens with one attached hydrogen (secondary N) is 1. The van der Waals surface area contributed by atoms with Crippen molar-refractivity contribution in [2.45, 2.75) is 19.4 Å². The second-order valence-electron chi connectivity index (χ2n) is 6.06. The second-order valence-corrected chi connectivity index (χ2v) is 7.79. The van der Waals surface area contributed by atoms with Crippen LogP contribution in [0.1, 0.15) is 13.8 Å². The number of carbonyl (C=O) groups is 1. The average Bonchev–Trinajstić information content (AvgIpc) is 3.13. The molecule has 5 nitrogen and oxygen atoms in total. The first kappa shape index (κ1) is 18.6. The summed E-state index contributed by atoms with van der Waals surface area (Å²) >= 11 is 13.6. The maximum Gasteiger partial charge on any atom is 0.267 e. The van der Waals surface area contributed by atoms with Crippen LogP contribution in [0.2, 0.25) is 10.0 Å². The van der Waals surface area contributed by atoms with Gasteiger partial charge in [0.2, 0.25) is 0 Å². The zero-order valence-electron chi connectivity index (χ0n) is 14.0. The molecule has 8 heteroatoms. The molecule has 134 valence electrons. The molecule has 0 aliphatic carbocycles. The number of anilines is 1. The zero-order valence-corrected chi connectivity index (χ0v) is 16.3. The van der Waals surface area contributed by atoms with Crippen molar-refractivity contribution < 1.29 is 4.79 Å². The Labute approximate surface area is 164 Å². The quantitative estimate of drug-likeness (QED) is 0.684. The molecule has 0 spiro atoms. The summed E-state index contributed by atoms with van der Waals surface area (Å²) in [6, 6.07) is 11.8. The SMILES string of the molecule is CC(C)(C(=O)Nc1cccc(Cl)c1Cl)n1nc(-c2cccs2)ccc1=O. The number of halogens is 2. The van der Waals surface area contributed by atoms with Crippen LogP contribution in [0.15, 0.2) is 52.6 Å². The van der Waals surface area contributed by atoms with E-state index in [1.54, 1.807) is 38.1 Å². The van der Waals surface area contributed by atoms with Crippen molar-refractivity contribution in [2.24, 2.45) is 0 Å². The van der Waals surface area contributed by atoms with Gasteiger partial charge in [-0.2, -0.15) is 5.10 Å². The molecule has 0 aliphatic heterocycles. The van der Waals surface area contributed by atoms with E-state index in [1.165, 1.54) is 22.1 Å². The van der Waals surface area contributed by atoms with Crippen LogP contribution in [0, 0.1) is 0 Å². The lowest BCUT2D eigenvalue weighted by atomic mass is 10.0. The molecule has 1 N–H and O–H groups in total. The van der Waals surface area contributed by atoms with Gasteiger partial charge in [0.05, 0.1) is 20.6 Å². The normalized spacial score (nSPS) is 11.4. The third kappa shape index (κ3) is 3.53. The molecule has 1 amide bonds. The van der Waals surface area contributed by atoms with Crippen LogP contribution in [-0.2, 0) is 10.3 Å². The standard InChI is InChI=1S/C18H15Cl2N3O2S/c1-18(2,17(25)21-13-6-3-5-11(19)16(13)20)23-15(24)9-8-12(22-23)14-7-4-10-26-14/h3-10H,1-2H3,(H,21,25). The minimum Gasteiger partial charge on any atom is -0.323 e. The Kier molecular flexibility index (Phi) is 5.18. The predicted octanol–water partition coefficient (Wildman–Crippen LogP) is 4.65. The highest BCUT2D eigenvalue weighted by Crippen LogP contribution is 2.30. The number of hydrogen-bond donors (Lipinski definition) is 1. The van der Waals surface area contributed by atoms with Gasteiger partial charge in [-0.3, -0.25) is 9.59 Å². The molecular weight excluding hydrogens is 393 g/mol. The smallest absolute Gasteiger partial charge is 0.267 e. The molecule has 0 unspecified atom stereocenters. The van der Waals surface area contributed by atoms with Crippen LogP contribution in [0.4, 0.5) is 5.69 Å². The van der Waals surface area contributed by atoms with E-state index in [0.717, 1.165) is 4.88 Å². The fraction of sp³-hybridized carbons (Fsp3) is 0.167. The lowest BCUT2D eigenvalue weighted by Gasteiger charge is -2.25. The first-order valence-corrected chi connectivity index (χ1v) is 9.34. The highest BCUT2D eigenvalue weighted by Gasteiger charge is 2.33. The van der Waals surface area contributed by atoms with Crippen LogP contribution in [0.25, 0.3) is 10.6 Å². The molecule has 1 aromatic carbocycles. The molecule has 26 heavy (non-hydrogen) atoms. The van der Waals surface area contributed by atoms with Crippen molar-refractivity contribution in [3.63, 3.8) is 0 Å². The number of rotatable bonds is 4. The molecule has 0 radical (unpaired) electrons. The molecule has 0 atom stereocenters. The van der Waals surface area contributed by atoms with Crippen LogP contribution in [-0.4, -0.2) is 15.7 Å². The average molecular weight is 408 g/mol. The van der Waals surface area contributed by atoms with E-state index in [0.29, 0.717) is 16.4 Å². The summed E-state index contributed by atoms with van der Waals surface area (Å²) in [4.78, 5) is 26.1. The molecule has 3 aromatic rings. The van der Waals surface area contributed by atoms with Crippen LogP contribution >= 0.6 is 34.5 Å². The van der Waals surface area contributed by atoms with Gasteiger partial charge in [0.15, 0.2) is 0 Å². The molecule has 0 fully saturated rings. The number of nitrogens with zero attached hydrogens (tertiary/aromatic N) is 2. The zero-order chi connectivity index (χ0) is 18.9. The fourth-order valence-electron chi connectivity index (χ4n) is 2.34. The Morgan fingerprint density at radius 2 is 1.92 bits per heavy atom. The van der Waals surface area contributed by atoms with Gasteiger partial charge in [0.25, 0.3) is 11.5 Å². The summed E-state index contributed by atoms with van der Waals surface area (Å²) < 4.78 is 1.18. The molecule has 2 aromatic heterocycles. The summed E-state index contributed by atoms with van der Waals surface area (Å²) in [5.41, 5.74) is -0.612. The lowest BCUT2D eigenvalue weighted by Crippen LogP contribution is -2.47. The van der Waals surface area contributed by atoms with Gasteiger partial charge in [-0.05, 0) is 43.5 Å². The van der Waals surface area contributed by atoms with Gasteiger partial charge < -0.3 is 5.32 Å². The highest BCUT2D eigenvalue weighted by molar-refractivity contribution is 7.13. The van der Waals surface area contributed by atoms with E-state index in [2.05, 4.69) is 10.4 Å². The predicted molar refractivity (Wildman–Crippen MR) is 106 cm³/mol. The molecule has 0 saturated carbocycles. The maximum atomic E-state index is 12.8. The first-order valence-electron chi connectivity index (χ1n) is 7.71. The second kappa shape index (κ2) is 7.23. The van der Waals surface area contributed by atoms with Gasteiger partial charge >= 0.3 is 0 Å². The third-order valence-electron chi connectivity index (χ3n) is 3.86. The van der Waals surface area contributed by atoms with Gasteiger partial charge in [-0.15, -0.1) is 11.3 Å². The molecule has 0 saturated heterocycles. The van der Waals surface area contributed by atoms with E-state index in [4.69, 9.17) is 23.2 Å². The topological polar surface area (TPSA) is 64.0 Å². The highest BCUT2D eigenvalue weighted by atomic mass is 35.5. The fourth-order valence-corrected chi connectivity index (χ4v) is 3.38. The number of thiophene rings is 1. The van der Waals surface area contributed by atoms with Crippen LogP contribution in [0.5, 0.6) is 0 Å². The van der Waals surface area contributed by atoms with Crippen molar-refractivity contribution >= 4 is 46.1 Å². The molecule has 0 aliphatic rings. The largest absolute Gasteiger partial charge is 0.323 e. The van der Waals surface area contributed by atoms with Gasteiger partial charge in [0, 0.05) is 6.07 Å². The summed E-state index contributed by atoms with van der Waals surface area (Å²) in [6.45, 7) is 3.24. The third-order valence-corrected chi connectivity index (χ3v) is 5.57. The summed E-state index contributed by atoms with van der Waals surface area (Å²) in [7, 11) is 0. The van der Waals surface area contributed by atoms with E-state index in [-0.39, 0.29) is 10.6 Å². The lowest BCUT2D eigenvalue weighted by molar-refractivity contribution is -0.123. The van der Waals surface area contributed by atoms with Crippen molar-refractivity contribution in [1.29, 1.82) is 0 Å². The molecule has 3 rings (SSSR count). The van der Waals surface area contributed by atoms with Crippen molar-refractivity contribution in [3.05, 3.63) is 68.2 Å². The molecule has 0 bridgehead atoms. The van der Waals surface area contributed by atoms with Crippen molar-refractivity contribution in [1.82, 2.24) is 9.78 Å². The Hall–Kier alpha value is -2.15. The summed E-state index contributed by atoms with van der Waals surface area (Å²) in [5.74, 6) is -0.431. The Bertz CT molecular complexity index is 1010. The number of carbonyl (C=O) groups excluding carboxylic acids is 1. The van der Waals surface area contributed by atoms with Crippen LogP contribution in [0.3, 0.4) is 0 Å². The number of aromatic nitrogens is 2. The minimum absolute atomic E-state index is 0.242. The van der Waals surface area contributed by atoms with Gasteiger partial charge in [-0.1, -0.05) is 35.3 Å². The Morgan fingerprint density at radius 1 is 1.15 bits per heavy atom. The molecule has 2 heterocycles. The van der Waals surface area contributed by atoms with Crippen molar-refractivity contribution in [3.8, 4) is 10.6 Å². The number of amides is 1. The monoisotopic (exact) mass is 407 g/mol. The summed E-state index contributed by atoms with van der Waals surface area (Å²) in [6.07, 6.45) is 0. The Balaban J connectivity index is 1.97. The first-order chi connectivity index (χ1) is 12.3. The number of hydrogen-bond acceptors (Lipinski definition) is 4. The number of benzene rings is 1. The molecular formula is C18H15Cl2N3O2S. The summed E-state index contributed by atoms with van der Waals surface area (Å²) in [5, 5.41) is 9.60. The van der Waals surface area contributed by atoms with E-state index < -0.39 is 11.4 Å². The Morgan fingerprint density at radius 3 is 2.62 bits per heavy atom. The minimum atomic E-state index is -1.24. The van der Waals surface area contributed by atoms with Gasteiger partial charge in [0.1, 0.15) is 11.2 Å². The van der Waals surface area contributed by atoms with Crippen molar-refractivity contribution in [2.75, 3.05) is 5.32 Å². The maximum absolute atomic E-state index is 12.8. The van der Waals surface area contributed by atoms with Gasteiger partial charge in [-0.25, -0.2) is 4.68 Å². The van der Waals surface area contributed by atoms with Crippen LogP contribution < -0.4 is 10.9 Å².